The van der Waals surface area contributed by atoms with Gasteiger partial charge in [-0.05, 0) is 5.21 Å². The Labute approximate surface area is 144 Å². The van der Waals surface area contributed by atoms with Crippen LogP contribution >= 0.6 is 0 Å². The molecule has 0 aliphatic rings. The average molecular weight is 194 g/mol. The Kier molecular flexibility index (Phi) is 10.7. The van der Waals surface area contributed by atoms with E-state index in [9.17, 15) is 4.79 Å². The minimum Gasteiger partial charge on any atom is -1.00 e. The first-order valence-corrected chi connectivity index (χ1v) is 1.77. The van der Waals surface area contributed by atoms with Crippen LogP contribution in [-0.2, 0) is 0 Å². The van der Waals surface area contributed by atoms with Crippen molar-refractivity contribution < 1.29 is 116 Å². The zero-order chi connectivity index (χ0) is 5.98. The number of rotatable bonds is 1. The summed E-state index contributed by atoms with van der Waals surface area (Å²) in [4.78, 5) is 9.88. The molecule has 0 bridgehead atoms. The van der Waals surface area contributed by atoms with Crippen molar-refractivity contribution in [1.82, 2.24) is 20.6 Å². The molecular weight excluding hydrogens is 190 g/mol. The van der Waals surface area contributed by atoms with Gasteiger partial charge in [0.25, 0.3) is 5.82 Å². The number of carboxylic acids is 1. The first-order valence-electron chi connectivity index (χ1n) is 1.77. The first-order chi connectivity index (χ1) is 3.80. The van der Waals surface area contributed by atoms with Crippen molar-refractivity contribution >= 4 is 5.97 Å². The van der Waals surface area contributed by atoms with E-state index in [0.29, 0.717) is 0 Å². The zero-order valence-electron chi connectivity index (χ0n) is 7.70. The summed E-state index contributed by atoms with van der Waals surface area (Å²) in [5, 5.41) is 19.5. The summed E-state index contributed by atoms with van der Waals surface area (Å²) >= 11 is 0. The van der Waals surface area contributed by atoms with Gasteiger partial charge in [0, 0.05) is 0 Å². The van der Waals surface area contributed by atoms with Crippen molar-refractivity contribution in [2.75, 3.05) is 0 Å². The van der Waals surface area contributed by atoms with Crippen molar-refractivity contribution in [2.24, 2.45) is 0 Å². The molecule has 0 fully saturated rings. The molecule has 8 heteroatoms. The smallest absolute Gasteiger partial charge is 1.00 e. The standard InChI is InChI=1S/C2H2N4O2.2K.2H/c7-2(8)1-3-5-6-4-1;;;;/h(H,7,8)(H,3,4,5,6);;;;/q;2*+1;2*-1. The molecule has 0 amide bonds. The molecule has 1 aromatic heterocycles. The van der Waals surface area contributed by atoms with Gasteiger partial charge in [-0.2, -0.15) is 5.21 Å². The number of carboxylic acid groups (broad SMARTS) is 1. The van der Waals surface area contributed by atoms with Crippen LogP contribution in [0.25, 0.3) is 0 Å². The van der Waals surface area contributed by atoms with Crippen molar-refractivity contribution in [3.63, 3.8) is 0 Å². The Hall–Kier alpha value is 1.81. The van der Waals surface area contributed by atoms with E-state index in [0.717, 1.165) is 0 Å². The second-order valence-electron chi connectivity index (χ2n) is 1.04. The summed E-state index contributed by atoms with van der Waals surface area (Å²) < 4.78 is 0. The third kappa shape index (κ3) is 4.64. The maximum absolute atomic E-state index is 9.88. The number of hydrogen-bond donors (Lipinski definition) is 2. The van der Waals surface area contributed by atoms with E-state index in [1.165, 1.54) is 0 Å². The molecule has 6 nitrogen and oxygen atoms in total. The molecule has 0 radical (unpaired) electrons. The number of nitrogens with zero attached hydrogens (tertiary/aromatic N) is 3. The number of H-pyrrole nitrogens is 1. The van der Waals surface area contributed by atoms with Crippen LogP contribution in [0.4, 0.5) is 0 Å². The number of aromatic nitrogens is 4. The van der Waals surface area contributed by atoms with Crippen LogP contribution in [0.15, 0.2) is 0 Å². The molecule has 1 heterocycles. The maximum atomic E-state index is 9.88. The molecule has 0 aromatic carbocycles. The van der Waals surface area contributed by atoms with Crippen LogP contribution in [0.2, 0.25) is 0 Å². The minimum atomic E-state index is -1.18. The molecule has 0 unspecified atom stereocenters. The van der Waals surface area contributed by atoms with Gasteiger partial charge in [-0.25, -0.2) is 4.79 Å². The van der Waals surface area contributed by atoms with E-state index < -0.39 is 5.97 Å². The summed E-state index contributed by atoms with van der Waals surface area (Å²) in [5.41, 5.74) is 0. The Balaban J connectivity index is -0.0000000800. The average Bonchev–Trinajstić information content (AvgIpc) is 2.12. The Morgan fingerprint density at radius 2 is 2.20 bits per heavy atom. The quantitative estimate of drug-likeness (QED) is 0.434. The van der Waals surface area contributed by atoms with Gasteiger partial charge in [0.2, 0.25) is 0 Å². The van der Waals surface area contributed by atoms with Crippen LogP contribution in [0.1, 0.15) is 13.5 Å². The molecule has 0 spiro atoms. The van der Waals surface area contributed by atoms with E-state index in [1.807, 2.05) is 5.21 Å². The number of aromatic amines is 1. The topological polar surface area (TPSA) is 91.8 Å². The summed E-state index contributed by atoms with van der Waals surface area (Å²) in [7, 11) is 0. The van der Waals surface area contributed by atoms with Crippen LogP contribution in [0.5, 0.6) is 0 Å². The Bertz CT molecular complexity index is 195. The summed E-state index contributed by atoms with van der Waals surface area (Å²) in [6.07, 6.45) is 0. The van der Waals surface area contributed by atoms with Crippen LogP contribution in [0.3, 0.4) is 0 Å². The fraction of sp³-hybridized carbons (Fsp3) is 0. The molecule has 1 rings (SSSR count). The molecule has 0 saturated heterocycles. The molecule has 10 heavy (non-hydrogen) atoms. The molecule has 46 valence electrons. The largest absolute Gasteiger partial charge is 1.00 e. The van der Waals surface area contributed by atoms with Crippen molar-refractivity contribution in [3.8, 4) is 0 Å². The number of hydrogen-bond acceptors (Lipinski definition) is 4. The van der Waals surface area contributed by atoms with E-state index >= 15 is 0 Å². The van der Waals surface area contributed by atoms with Crippen molar-refractivity contribution in [3.05, 3.63) is 5.82 Å². The first kappa shape index (κ1) is 14.3. The summed E-state index contributed by atoms with van der Waals surface area (Å²) in [6.45, 7) is 0. The zero-order valence-corrected chi connectivity index (χ0v) is 11.9. The molecule has 0 aliphatic heterocycles. The monoisotopic (exact) mass is 194 g/mol. The second-order valence-corrected chi connectivity index (χ2v) is 1.04. The van der Waals surface area contributed by atoms with Gasteiger partial charge in [0.05, 0.1) is 0 Å². The van der Waals surface area contributed by atoms with Gasteiger partial charge in [-0.3, -0.25) is 0 Å². The van der Waals surface area contributed by atoms with Crippen LogP contribution in [-0.4, -0.2) is 31.7 Å². The van der Waals surface area contributed by atoms with Crippen molar-refractivity contribution in [2.45, 2.75) is 0 Å². The second kappa shape index (κ2) is 7.46. The third-order valence-corrected chi connectivity index (χ3v) is 0.537. The van der Waals surface area contributed by atoms with Gasteiger partial charge in [0.15, 0.2) is 0 Å². The molecular formula is C2H4K2N4O2. The minimum absolute atomic E-state index is 0. The van der Waals surface area contributed by atoms with Gasteiger partial charge >= 0.3 is 109 Å². The molecule has 2 N–H and O–H groups in total. The SMILES string of the molecule is O=C(O)c1nn[nH]n1.[H-].[H-].[K+].[K+]. The van der Waals surface area contributed by atoms with E-state index in [2.05, 4.69) is 15.4 Å². The molecule has 0 atom stereocenters. The van der Waals surface area contributed by atoms with Gasteiger partial charge < -0.3 is 7.96 Å². The molecule has 1 aromatic rings. The maximum Gasteiger partial charge on any atom is 1.00 e. The van der Waals surface area contributed by atoms with Crippen LogP contribution in [0, 0.1) is 0 Å². The molecule has 0 aliphatic carbocycles. The Morgan fingerprint density at radius 1 is 1.60 bits per heavy atom. The number of nitrogens with one attached hydrogen (secondary N) is 1. The van der Waals surface area contributed by atoms with Crippen molar-refractivity contribution in [1.29, 1.82) is 0 Å². The van der Waals surface area contributed by atoms with E-state index in [4.69, 9.17) is 5.11 Å². The molecule has 0 saturated carbocycles. The third-order valence-electron chi connectivity index (χ3n) is 0.537. The predicted octanol–water partition coefficient (Wildman–Crippen LogP) is -6.87. The van der Waals surface area contributed by atoms with Gasteiger partial charge in [-0.15, -0.1) is 10.2 Å². The van der Waals surface area contributed by atoms with E-state index in [-0.39, 0.29) is 111 Å². The van der Waals surface area contributed by atoms with Crippen LogP contribution < -0.4 is 103 Å². The fourth-order valence-corrected chi connectivity index (χ4v) is 0.252. The number of carbonyl (C=O) groups is 1. The van der Waals surface area contributed by atoms with E-state index in [1.54, 1.807) is 0 Å². The number of aromatic carboxylic acids is 1. The fourth-order valence-electron chi connectivity index (χ4n) is 0.252. The van der Waals surface area contributed by atoms with Gasteiger partial charge in [0.1, 0.15) is 0 Å². The summed E-state index contributed by atoms with van der Waals surface area (Å²) in [6, 6.07) is 0. The Morgan fingerprint density at radius 3 is 2.40 bits per heavy atom. The van der Waals surface area contributed by atoms with Gasteiger partial charge in [-0.1, -0.05) is 0 Å². The summed E-state index contributed by atoms with van der Waals surface area (Å²) in [5.74, 6) is -1.50. The number of tetrazole rings is 1. The predicted molar refractivity (Wildman–Crippen MR) is 23.4 cm³/mol. The normalized spacial score (nSPS) is 7.20.